The number of carbonyl (C=O) groups excluding carboxylic acids is 2. The minimum atomic E-state index is -0.606. The van der Waals surface area contributed by atoms with Crippen LogP contribution < -0.4 is 4.90 Å². The molecule has 0 spiro atoms. The summed E-state index contributed by atoms with van der Waals surface area (Å²) in [4.78, 5) is 35.7. The zero-order valence-corrected chi connectivity index (χ0v) is 13.6. The van der Waals surface area contributed by atoms with Crippen LogP contribution in [0.5, 0.6) is 0 Å². The number of carbonyl (C=O) groups is 2. The van der Waals surface area contributed by atoms with Crippen molar-refractivity contribution in [1.82, 2.24) is 0 Å². The minimum absolute atomic E-state index is 0.00293. The Bertz CT molecular complexity index is 822. The molecule has 7 nitrogen and oxygen atoms in total. The Hall–Kier alpha value is -2.93. The smallest absolute Gasteiger partial charge is 0.337 e. The van der Waals surface area contributed by atoms with Crippen LogP contribution in [0, 0.1) is 10.1 Å². The summed E-state index contributed by atoms with van der Waals surface area (Å²) in [5.74, 6) is -1.07. The molecule has 124 valence electrons. The Morgan fingerprint density at radius 2 is 1.92 bits per heavy atom. The first-order valence-electron chi connectivity index (χ1n) is 6.75. The fraction of sp³-hybridized carbons (Fsp3) is 0.125. The summed E-state index contributed by atoms with van der Waals surface area (Å²) in [7, 11) is 2.74. The number of hydrogen-bond acceptors (Lipinski definition) is 5. The van der Waals surface area contributed by atoms with Gasteiger partial charge in [0.25, 0.3) is 11.6 Å². The lowest BCUT2D eigenvalue weighted by molar-refractivity contribution is -0.384. The number of nitro groups is 1. The standard InChI is InChI=1S/C16H13ClN2O5/c1-18(11-5-3-4-10(8-11)16(21)24-2)15(20)13-9-12(19(22)23)6-7-14(13)17/h3-9H,1-2H3. The summed E-state index contributed by atoms with van der Waals surface area (Å²) in [6.45, 7) is 0. The van der Waals surface area contributed by atoms with Gasteiger partial charge in [0.05, 0.1) is 28.2 Å². The maximum atomic E-state index is 12.6. The number of esters is 1. The molecule has 0 N–H and O–H groups in total. The molecule has 0 radical (unpaired) electrons. The van der Waals surface area contributed by atoms with Gasteiger partial charge in [0, 0.05) is 24.9 Å². The van der Waals surface area contributed by atoms with Gasteiger partial charge in [-0.25, -0.2) is 4.79 Å². The van der Waals surface area contributed by atoms with Crippen LogP contribution in [0.25, 0.3) is 0 Å². The minimum Gasteiger partial charge on any atom is -0.465 e. The number of benzene rings is 2. The molecule has 0 aliphatic carbocycles. The van der Waals surface area contributed by atoms with Crippen molar-refractivity contribution in [2.45, 2.75) is 0 Å². The molecule has 0 fully saturated rings. The quantitative estimate of drug-likeness (QED) is 0.480. The first kappa shape index (κ1) is 17.4. The highest BCUT2D eigenvalue weighted by Gasteiger charge is 2.20. The molecule has 2 aromatic rings. The van der Waals surface area contributed by atoms with E-state index in [0.29, 0.717) is 5.69 Å². The molecule has 24 heavy (non-hydrogen) atoms. The van der Waals surface area contributed by atoms with E-state index in [-0.39, 0.29) is 21.8 Å². The van der Waals surface area contributed by atoms with E-state index >= 15 is 0 Å². The van der Waals surface area contributed by atoms with Crippen molar-refractivity contribution in [1.29, 1.82) is 0 Å². The average molecular weight is 349 g/mol. The third kappa shape index (κ3) is 3.52. The second kappa shape index (κ2) is 7.10. The van der Waals surface area contributed by atoms with Crippen LogP contribution in [0.1, 0.15) is 20.7 Å². The van der Waals surface area contributed by atoms with E-state index in [4.69, 9.17) is 11.6 Å². The summed E-state index contributed by atoms with van der Waals surface area (Å²) in [6, 6.07) is 9.88. The number of ether oxygens (including phenoxy) is 1. The molecule has 0 aliphatic heterocycles. The number of anilines is 1. The number of amides is 1. The van der Waals surface area contributed by atoms with Gasteiger partial charge in [0.2, 0.25) is 0 Å². The average Bonchev–Trinajstić information content (AvgIpc) is 2.60. The molecule has 0 saturated heterocycles. The van der Waals surface area contributed by atoms with Gasteiger partial charge in [-0.2, -0.15) is 0 Å². The summed E-state index contributed by atoms with van der Waals surface area (Å²) < 4.78 is 4.64. The van der Waals surface area contributed by atoms with Crippen molar-refractivity contribution < 1.29 is 19.2 Å². The van der Waals surface area contributed by atoms with Crippen LogP contribution in [0.2, 0.25) is 5.02 Å². The third-order valence-electron chi connectivity index (χ3n) is 3.35. The van der Waals surface area contributed by atoms with Crippen molar-refractivity contribution in [2.24, 2.45) is 0 Å². The van der Waals surface area contributed by atoms with Crippen molar-refractivity contribution in [3.63, 3.8) is 0 Å². The van der Waals surface area contributed by atoms with E-state index in [0.717, 1.165) is 6.07 Å². The van der Waals surface area contributed by atoms with E-state index in [1.807, 2.05) is 0 Å². The Labute approximate surface area is 142 Å². The maximum absolute atomic E-state index is 12.6. The predicted octanol–water partition coefficient (Wildman–Crippen LogP) is 3.31. The van der Waals surface area contributed by atoms with Crippen molar-refractivity contribution in [2.75, 3.05) is 19.1 Å². The van der Waals surface area contributed by atoms with Gasteiger partial charge in [0.15, 0.2) is 0 Å². The Balaban J connectivity index is 2.38. The van der Waals surface area contributed by atoms with Gasteiger partial charge in [0.1, 0.15) is 0 Å². The molecule has 0 heterocycles. The molecule has 8 heteroatoms. The number of hydrogen-bond donors (Lipinski definition) is 0. The van der Waals surface area contributed by atoms with Gasteiger partial charge < -0.3 is 9.64 Å². The first-order valence-corrected chi connectivity index (χ1v) is 7.13. The molecule has 0 saturated carbocycles. The molecule has 0 bridgehead atoms. The SMILES string of the molecule is COC(=O)c1cccc(N(C)C(=O)c2cc([N+](=O)[O-])ccc2Cl)c1. The number of nitro benzene ring substituents is 1. The molecule has 2 aromatic carbocycles. The predicted molar refractivity (Wildman–Crippen MR) is 88.6 cm³/mol. The number of non-ortho nitro benzene ring substituents is 1. The second-order valence-electron chi connectivity index (χ2n) is 4.83. The highest BCUT2D eigenvalue weighted by Crippen LogP contribution is 2.25. The molecular formula is C16H13ClN2O5. The maximum Gasteiger partial charge on any atom is 0.337 e. The first-order chi connectivity index (χ1) is 11.3. The number of rotatable bonds is 4. The number of methoxy groups -OCH3 is 1. The number of halogens is 1. The summed E-state index contributed by atoms with van der Waals surface area (Å²) >= 11 is 5.99. The Kier molecular flexibility index (Phi) is 5.15. The van der Waals surface area contributed by atoms with Gasteiger partial charge in [-0.3, -0.25) is 14.9 Å². The van der Waals surface area contributed by atoms with Crippen LogP contribution >= 0.6 is 11.6 Å². The highest BCUT2D eigenvalue weighted by molar-refractivity contribution is 6.34. The summed E-state index contributed by atoms with van der Waals surface area (Å²) in [5.41, 5.74) is 0.460. The third-order valence-corrected chi connectivity index (χ3v) is 3.68. The van der Waals surface area contributed by atoms with Crippen LogP contribution in [0.4, 0.5) is 11.4 Å². The van der Waals surface area contributed by atoms with Crippen LogP contribution in [-0.4, -0.2) is 31.0 Å². The fourth-order valence-corrected chi connectivity index (χ4v) is 2.25. The van der Waals surface area contributed by atoms with Gasteiger partial charge in [-0.15, -0.1) is 0 Å². The zero-order chi connectivity index (χ0) is 17.9. The lowest BCUT2D eigenvalue weighted by Gasteiger charge is -2.18. The van der Waals surface area contributed by atoms with Crippen molar-refractivity contribution >= 4 is 34.9 Å². The molecule has 0 atom stereocenters. The molecule has 0 aromatic heterocycles. The van der Waals surface area contributed by atoms with Gasteiger partial charge in [-0.05, 0) is 24.3 Å². The summed E-state index contributed by atoms with van der Waals surface area (Å²) in [6.07, 6.45) is 0. The number of nitrogens with zero attached hydrogens (tertiary/aromatic N) is 2. The monoisotopic (exact) mass is 348 g/mol. The van der Waals surface area contributed by atoms with Crippen LogP contribution in [0.3, 0.4) is 0 Å². The fourth-order valence-electron chi connectivity index (χ4n) is 2.05. The molecule has 0 unspecified atom stereocenters. The largest absolute Gasteiger partial charge is 0.465 e. The van der Waals surface area contributed by atoms with Gasteiger partial charge >= 0.3 is 5.97 Å². The lowest BCUT2D eigenvalue weighted by Crippen LogP contribution is -2.26. The lowest BCUT2D eigenvalue weighted by atomic mass is 10.1. The van der Waals surface area contributed by atoms with E-state index in [9.17, 15) is 19.7 Å². The van der Waals surface area contributed by atoms with Crippen LogP contribution in [0.15, 0.2) is 42.5 Å². The van der Waals surface area contributed by atoms with E-state index in [1.165, 1.54) is 37.3 Å². The Morgan fingerprint density at radius 3 is 2.54 bits per heavy atom. The molecule has 1 amide bonds. The summed E-state index contributed by atoms with van der Waals surface area (Å²) in [5, 5.41) is 11.0. The highest BCUT2D eigenvalue weighted by atomic mass is 35.5. The van der Waals surface area contributed by atoms with Crippen molar-refractivity contribution in [3.8, 4) is 0 Å². The van der Waals surface area contributed by atoms with Crippen molar-refractivity contribution in [3.05, 3.63) is 68.7 Å². The van der Waals surface area contributed by atoms with E-state index in [1.54, 1.807) is 18.2 Å². The molecule has 2 rings (SSSR count). The zero-order valence-electron chi connectivity index (χ0n) is 12.9. The van der Waals surface area contributed by atoms with Gasteiger partial charge in [-0.1, -0.05) is 17.7 Å². The molecular weight excluding hydrogens is 336 g/mol. The van der Waals surface area contributed by atoms with E-state index in [2.05, 4.69) is 4.74 Å². The molecule has 0 aliphatic rings. The van der Waals surface area contributed by atoms with E-state index < -0.39 is 16.8 Å². The normalized spacial score (nSPS) is 10.1. The second-order valence-corrected chi connectivity index (χ2v) is 5.23. The topological polar surface area (TPSA) is 89.8 Å². The van der Waals surface area contributed by atoms with Crippen LogP contribution in [-0.2, 0) is 4.74 Å². The Morgan fingerprint density at radius 1 is 1.21 bits per heavy atom.